The number of carbonyl (C=O) groups excluding carboxylic acids is 2. The van der Waals surface area contributed by atoms with Crippen LogP contribution < -0.4 is 10.6 Å². The van der Waals surface area contributed by atoms with E-state index in [-0.39, 0.29) is 44.5 Å². The largest absolute Gasteiger partial charge is 0.351 e. The van der Waals surface area contributed by atoms with Gasteiger partial charge in [0, 0.05) is 25.9 Å². The number of carbonyl (C=O) groups is 2. The first-order valence-corrected chi connectivity index (χ1v) is 9.24. The summed E-state index contributed by atoms with van der Waals surface area (Å²) < 4.78 is 55.1. The molecule has 1 saturated heterocycles. The van der Waals surface area contributed by atoms with Crippen LogP contribution in [0.3, 0.4) is 0 Å². The average molecular weight is 422 g/mol. The molecule has 1 saturated carbocycles. The number of benzene rings is 1. The molecule has 154 valence electrons. The Morgan fingerprint density at radius 3 is 2.57 bits per heavy atom. The van der Waals surface area contributed by atoms with Gasteiger partial charge in [-0.2, -0.15) is 0 Å². The number of nitrogens with two attached hydrogens (primary N) is 1. The van der Waals surface area contributed by atoms with Gasteiger partial charge in [0.25, 0.3) is 5.91 Å². The summed E-state index contributed by atoms with van der Waals surface area (Å²) in [5, 5.41) is -0.750. The summed E-state index contributed by atoms with van der Waals surface area (Å²) in [4.78, 5) is 27.3. The molecule has 2 N–H and O–H groups in total. The van der Waals surface area contributed by atoms with Crippen LogP contribution in [0.5, 0.6) is 0 Å². The lowest BCUT2D eigenvalue weighted by atomic mass is 9.83. The van der Waals surface area contributed by atoms with Crippen LogP contribution in [-0.4, -0.2) is 41.4 Å². The van der Waals surface area contributed by atoms with Crippen molar-refractivity contribution in [3.63, 3.8) is 0 Å². The number of anilines is 1. The van der Waals surface area contributed by atoms with Crippen molar-refractivity contribution in [2.75, 3.05) is 18.0 Å². The molecule has 10 heteroatoms. The number of piperazine rings is 1. The summed E-state index contributed by atoms with van der Waals surface area (Å²) in [7, 11) is 0. The van der Waals surface area contributed by atoms with Gasteiger partial charge in [0.05, 0.1) is 5.69 Å². The zero-order valence-corrected chi connectivity index (χ0v) is 15.9. The van der Waals surface area contributed by atoms with Gasteiger partial charge in [-0.05, 0) is 37.8 Å². The molecule has 1 aromatic carbocycles. The second-order valence-electron chi connectivity index (χ2n) is 7.58. The molecule has 0 unspecified atom stereocenters. The summed E-state index contributed by atoms with van der Waals surface area (Å²) in [6.45, 7) is 1.33. The van der Waals surface area contributed by atoms with Gasteiger partial charge in [-0.15, -0.1) is 0 Å². The van der Waals surface area contributed by atoms with Crippen molar-refractivity contribution in [3.8, 4) is 0 Å². The zero-order chi connectivity index (χ0) is 20.9. The molecule has 3 rings (SSSR count). The molecule has 3 amide bonds. The highest BCUT2D eigenvalue weighted by atomic mass is 35.5. The number of nitrogens with zero attached hydrogens (tertiary/aromatic N) is 2. The predicted octanol–water partition coefficient (Wildman–Crippen LogP) is 3.93. The lowest BCUT2D eigenvalue weighted by Crippen LogP contribution is -2.67. The van der Waals surface area contributed by atoms with Crippen molar-refractivity contribution in [1.29, 1.82) is 0 Å². The second kappa shape index (κ2) is 7.09. The first-order valence-electron chi connectivity index (χ1n) is 8.86. The fourth-order valence-electron chi connectivity index (χ4n) is 4.24. The molecule has 1 heterocycles. The maximum Gasteiger partial charge on any atom is 0.315 e. The van der Waals surface area contributed by atoms with Crippen molar-refractivity contribution in [2.45, 2.75) is 44.1 Å². The van der Waals surface area contributed by atoms with E-state index in [9.17, 15) is 27.2 Å². The normalized spacial score (nSPS) is 27.4. The molecule has 2 aliphatic rings. The number of hydrogen-bond acceptors (Lipinski definition) is 2. The minimum atomic E-state index is -2.81. The van der Waals surface area contributed by atoms with E-state index in [4.69, 9.17) is 17.3 Å². The third kappa shape index (κ3) is 3.52. The molecule has 5 nitrogen and oxygen atoms in total. The number of rotatable bonds is 3. The first-order chi connectivity index (χ1) is 13.0. The van der Waals surface area contributed by atoms with E-state index < -0.39 is 46.0 Å². The molecule has 0 radical (unpaired) electrons. The van der Waals surface area contributed by atoms with Crippen molar-refractivity contribution in [3.05, 3.63) is 28.8 Å². The summed E-state index contributed by atoms with van der Waals surface area (Å²) >= 11 is 5.61. The molecular formula is C18H20ClF4N3O2. The quantitative estimate of drug-likeness (QED) is 0.593. The smallest absolute Gasteiger partial charge is 0.315 e. The van der Waals surface area contributed by atoms with Gasteiger partial charge in [0.15, 0.2) is 5.82 Å². The van der Waals surface area contributed by atoms with Crippen LogP contribution in [0.2, 0.25) is 5.02 Å². The molecule has 0 aromatic heterocycles. The molecule has 0 bridgehead atoms. The third-order valence-corrected chi connectivity index (χ3v) is 5.96. The molecule has 1 aliphatic heterocycles. The molecule has 28 heavy (non-hydrogen) atoms. The van der Waals surface area contributed by atoms with Crippen LogP contribution >= 0.6 is 11.6 Å². The van der Waals surface area contributed by atoms with E-state index in [0.29, 0.717) is 0 Å². The zero-order valence-electron chi connectivity index (χ0n) is 15.2. The highest BCUT2D eigenvalue weighted by molar-refractivity contribution is 6.31. The topological polar surface area (TPSA) is 66.6 Å². The van der Waals surface area contributed by atoms with Crippen LogP contribution in [0.25, 0.3) is 0 Å². The summed E-state index contributed by atoms with van der Waals surface area (Å²) in [6, 6.07) is 1.15. The second-order valence-corrected chi connectivity index (χ2v) is 7.96. The third-order valence-electron chi connectivity index (χ3n) is 5.61. The predicted molar refractivity (Wildman–Crippen MR) is 95.3 cm³/mol. The van der Waals surface area contributed by atoms with Crippen LogP contribution in [0.1, 0.15) is 32.6 Å². The van der Waals surface area contributed by atoms with Gasteiger partial charge in [0.1, 0.15) is 16.4 Å². The molecule has 1 aromatic rings. The molecule has 1 aliphatic carbocycles. The first kappa shape index (κ1) is 20.7. The lowest BCUT2D eigenvalue weighted by molar-refractivity contribution is -0.131. The van der Waals surface area contributed by atoms with E-state index in [0.717, 1.165) is 21.9 Å². The van der Waals surface area contributed by atoms with Crippen LogP contribution in [0.4, 0.5) is 28.0 Å². The van der Waals surface area contributed by atoms with Gasteiger partial charge < -0.3 is 15.5 Å². The molecular weight excluding hydrogens is 402 g/mol. The number of halogens is 5. The Bertz CT molecular complexity index is 822. The maximum absolute atomic E-state index is 14.5. The van der Waals surface area contributed by atoms with Gasteiger partial charge in [-0.1, -0.05) is 11.6 Å². The minimum Gasteiger partial charge on any atom is -0.351 e. The fourth-order valence-corrected chi connectivity index (χ4v) is 4.40. The average Bonchev–Trinajstić information content (AvgIpc) is 2.94. The van der Waals surface area contributed by atoms with Crippen LogP contribution in [0.15, 0.2) is 12.1 Å². The van der Waals surface area contributed by atoms with Gasteiger partial charge in [0.2, 0.25) is 5.92 Å². The van der Waals surface area contributed by atoms with Crippen LogP contribution in [-0.2, 0) is 4.79 Å². The van der Waals surface area contributed by atoms with E-state index in [1.807, 2.05) is 0 Å². The standard InChI is InChI=1S/C18H20ClF4N3O2/c1-17(8-10-4-5-18(22,23)9-10)15(27)25(6-7-26(17)16(24)28)12-3-2-11(20)13(19)14(12)21/h2-3,10H,4-9H2,1H3,(H2,24,28)/t10-,17+/m1/s1. The van der Waals surface area contributed by atoms with Crippen molar-refractivity contribution >= 4 is 29.2 Å². The Balaban J connectivity index is 1.95. The Kier molecular flexibility index (Phi) is 5.24. The van der Waals surface area contributed by atoms with Crippen molar-refractivity contribution < 1.29 is 27.2 Å². The van der Waals surface area contributed by atoms with E-state index in [1.54, 1.807) is 0 Å². The Morgan fingerprint density at radius 1 is 1.32 bits per heavy atom. The monoisotopic (exact) mass is 421 g/mol. The van der Waals surface area contributed by atoms with Crippen LogP contribution in [0, 0.1) is 17.6 Å². The number of primary amides is 1. The number of hydrogen-bond donors (Lipinski definition) is 1. The summed E-state index contributed by atoms with van der Waals surface area (Å²) in [5.74, 6) is -6.05. The lowest BCUT2D eigenvalue weighted by Gasteiger charge is -2.48. The minimum absolute atomic E-state index is 0.0187. The summed E-state index contributed by atoms with van der Waals surface area (Å²) in [6.07, 6.45) is -0.500. The van der Waals surface area contributed by atoms with E-state index >= 15 is 0 Å². The number of urea groups is 1. The van der Waals surface area contributed by atoms with Crippen molar-refractivity contribution in [1.82, 2.24) is 4.90 Å². The SMILES string of the molecule is C[C@]1(C[C@H]2CCC(F)(F)C2)C(=O)N(c2ccc(F)c(Cl)c2F)CCN1C(N)=O. The molecule has 0 spiro atoms. The van der Waals surface area contributed by atoms with Gasteiger partial charge in [-0.25, -0.2) is 22.4 Å². The summed E-state index contributed by atoms with van der Waals surface area (Å²) in [5.41, 5.74) is 3.66. The highest BCUT2D eigenvalue weighted by Crippen LogP contribution is 2.44. The Hall–Kier alpha value is -2.03. The van der Waals surface area contributed by atoms with E-state index in [1.165, 1.54) is 6.92 Å². The highest BCUT2D eigenvalue weighted by Gasteiger charge is 2.51. The maximum atomic E-state index is 14.5. The fraction of sp³-hybridized carbons (Fsp3) is 0.556. The van der Waals surface area contributed by atoms with E-state index in [2.05, 4.69) is 0 Å². The van der Waals surface area contributed by atoms with Crippen molar-refractivity contribution in [2.24, 2.45) is 11.7 Å². The van der Waals surface area contributed by atoms with Gasteiger partial charge in [-0.3, -0.25) is 4.79 Å². The number of amides is 3. The Morgan fingerprint density at radius 2 is 2.00 bits per heavy atom. The molecule has 2 atom stereocenters. The Labute approximate surface area is 164 Å². The van der Waals surface area contributed by atoms with Gasteiger partial charge >= 0.3 is 6.03 Å². The number of alkyl halides is 2. The molecule has 2 fully saturated rings.